The van der Waals surface area contributed by atoms with E-state index in [4.69, 9.17) is 9.47 Å². The minimum atomic E-state index is -0.195. The van der Waals surface area contributed by atoms with Crippen molar-refractivity contribution in [2.75, 3.05) is 47.5 Å². The first kappa shape index (κ1) is 52.4. The zero-order valence-corrected chi connectivity index (χ0v) is 40.6. The predicted molar refractivity (Wildman–Crippen MR) is 273 cm³/mol. The summed E-state index contributed by atoms with van der Waals surface area (Å²) in [7, 11) is 5.68. The summed E-state index contributed by atoms with van der Waals surface area (Å²) >= 11 is 0. The van der Waals surface area contributed by atoms with Crippen LogP contribution in [-0.2, 0) is 9.47 Å². The third-order valence-corrected chi connectivity index (χ3v) is 13.5. The maximum Gasteiger partial charge on any atom is 0.251 e. The average molecular weight is 899 g/mol. The topological polar surface area (TPSA) is 101 Å². The van der Waals surface area contributed by atoms with Gasteiger partial charge in [-0.2, -0.15) is 0 Å². The second-order valence-corrected chi connectivity index (χ2v) is 18.7. The summed E-state index contributed by atoms with van der Waals surface area (Å²) in [4.78, 5) is 26.4. The molecule has 66 heavy (non-hydrogen) atoms. The number of hydrogen-bond donors (Lipinski definition) is 4. The normalized spacial score (nSPS) is 16.2. The Morgan fingerprint density at radius 1 is 0.606 bits per heavy atom. The standard InChI is InChI=1S/C29H42N2O2.C29H40N2O2/c1-30-22-27(20-23-12-5-3-6-13-23)31-29(32)26-17-11-16-25(21-26)28(18-9-10-19-33-2)24-14-7-4-8-15-24;1-3-4-11-19-33-28(24-15-9-6-10-16-24)25-17-12-18-26(21-25)29(32)31-27(22-30-2)20-23-13-7-5-8-14-23/h4,7-8,11,14-17,21,23,27-28,30H,3,5-6,9-10,12-13,18-20,22H2,1-2H3,(H,31,32);3,6,9-10,12,15-18,21,23,27-28,30H,1,4-5,7-8,11,13-14,19-20,22H2,2H3,(H,31,32). The van der Waals surface area contributed by atoms with Crippen molar-refractivity contribution in [1.82, 2.24) is 21.3 Å². The molecular weight excluding hydrogens is 817 g/mol. The number of methoxy groups -OCH3 is 1. The van der Waals surface area contributed by atoms with Crippen molar-refractivity contribution in [3.63, 3.8) is 0 Å². The van der Waals surface area contributed by atoms with Crippen molar-refractivity contribution in [3.8, 4) is 0 Å². The quantitative estimate of drug-likeness (QED) is 0.0370. The molecule has 0 aromatic heterocycles. The van der Waals surface area contributed by atoms with Crippen molar-refractivity contribution in [2.24, 2.45) is 11.8 Å². The van der Waals surface area contributed by atoms with Gasteiger partial charge in [0.15, 0.2) is 0 Å². The molecule has 0 saturated heterocycles. The molecule has 8 heteroatoms. The largest absolute Gasteiger partial charge is 0.385 e. The van der Waals surface area contributed by atoms with Gasteiger partial charge in [0.1, 0.15) is 6.10 Å². The van der Waals surface area contributed by atoms with E-state index in [-0.39, 0.29) is 35.9 Å². The number of likely N-dealkylation sites (N-methyl/N-ethyl adjacent to an activating group) is 2. The molecule has 8 nitrogen and oxygen atoms in total. The number of rotatable bonds is 26. The molecule has 2 fully saturated rings. The van der Waals surface area contributed by atoms with Crippen molar-refractivity contribution < 1.29 is 19.1 Å². The van der Waals surface area contributed by atoms with Gasteiger partial charge in [-0.3, -0.25) is 9.59 Å². The molecule has 2 aliphatic carbocycles. The summed E-state index contributed by atoms with van der Waals surface area (Å²) in [5.41, 5.74) is 6.06. The lowest BCUT2D eigenvalue weighted by Gasteiger charge is -2.27. The summed E-state index contributed by atoms with van der Waals surface area (Å²) in [5.74, 6) is 1.77. The van der Waals surface area contributed by atoms with Crippen molar-refractivity contribution in [3.05, 3.63) is 155 Å². The Morgan fingerprint density at radius 3 is 1.62 bits per heavy atom. The maximum absolute atomic E-state index is 13.2. The number of ether oxygens (including phenoxy) is 2. The third-order valence-electron chi connectivity index (χ3n) is 13.5. The maximum atomic E-state index is 13.2. The lowest BCUT2D eigenvalue weighted by molar-refractivity contribution is 0.0785. The van der Waals surface area contributed by atoms with E-state index in [9.17, 15) is 9.59 Å². The van der Waals surface area contributed by atoms with Crippen LogP contribution < -0.4 is 21.3 Å². The van der Waals surface area contributed by atoms with Gasteiger partial charge in [-0.15, -0.1) is 6.58 Å². The highest BCUT2D eigenvalue weighted by atomic mass is 16.5. The molecule has 4 unspecified atom stereocenters. The number of hydrogen-bond acceptors (Lipinski definition) is 6. The zero-order valence-electron chi connectivity index (χ0n) is 40.6. The molecule has 0 radical (unpaired) electrons. The highest BCUT2D eigenvalue weighted by molar-refractivity contribution is 5.95. The molecule has 4 N–H and O–H groups in total. The number of carbonyl (C=O) groups excluding carboxylic acids is 2. The molecule has 4 aromatic rings. The van der Waals surface area contributed by atoms with Gasteiger partial charge >= 0.3 is 0 Å². The van der Waals surface area contributed by atoms with Crippen LogP contribution in [0.15, 0.2) is 122 Å². The van der Waals surface area contributed by atoms with E-state index in [0.717, 1.165) is 93.2 Å². The van der Waals surface area contributed by atoms with Crippen molar-refractivity contribution in [1.29, 1.82) is 0 Å². The second kappa shape index (κ2) is 30.6. The van der Waals surface area contributed by atoms with E-state index >= 15 is 0 Å². The molecule has 2 saturated carbocycles. The van der Waals surface area contributed by atoms with Gasteiger partial charge in [-0.1, -0.05) is 162 Å². The summed E-state index contributed by atoms with van der Waals surface area (Å²) < 4.78 is 11.5. The molecule has 0 bridgehead atoms. The van der Waals surface area contributed by atoms with Crippen molar-refractivity contribution in [2.45, 2.75) is 133 Å². The fourth-order valence-corrected chi connectivity index (χ4v) is 10.1. The molecular formula is C58H82N4O4. The molecule has 2 amide bonds. The molecule has 4 aromatic carbocycles. The van der Waals surface area contributed by atoms with E-state index in [0.29, 0.717) is 12.2 Å². The monoisotopic (exact) mass is 899 g/mol. The second-order valence-electron chi connectivity index (χ2n) is 18.7. The van der Waals surface area contributed by atoms with Gasteiger partial charge in [0.2, 0.25) is 0 Å². The number of benzene rings is 4. The predicted octanol–water partition coefficient (Wildman–Crippen LogP) is 12.0. The van der Waals surface area contributed by atoms with Crippen LogP contribution in [-0.4, -0.2) is 71.4 Å². The Bertz CT molecular complexity index is 1950. The average Bonchev–Trinajstić information content (AvgIpc) is 3.35. The van der Waals surface area contributed by atoms with Crippen LogP contribution in [0.5, 0.6) is 0 Å². The molecule has 358 valence electrons. The first-order chi connectivity index (χ1) is 32.4. The first-order valence-electron chi connectivity index (χ1n) is 25.3. The highest BCUT2D eigenvalue weighted by Crippen LogP contribution is 2.32. The van der Waals surface area contributed by atoms with Crippen LogP contribution in [0.3, 0.4) is 0 Å². The van der Waals surface area contributed by atoms with Crippen LogP contribution in [0.4, 0.5) is 0 Å². The van der Waals surface area contributed by atoms with Crippen LogP contribution in [0.1, 0.15) is 164 Å². The van der Waals surface area contributed by atoms with Crippen LogP contribution >= 0.6 is 0 Å². The van der Waals surface area contributed by atoms with E-state index in [1.165, 1.54) is 75.3 Å². The Morgan fingerprint density at radius 2 is 1.11 bits per heavy atom. The number of unbranched alkanes of at least 4 members (excludes halogenated alkanes) is 2. The van der Waals surface area contributed by atoms with Crippen LogP contribution in [0.25, 0.3) is 0 Å². The van der Waals surface area contributed by atoms with Crippen LogP contribution in [0, 0.1) is 11.8 Å². The fraction of sp³-hybridized carbons (Fsp3) is 0.517. The molecule has 0 aliphatic heterocycles. The molecule has 0 spiro atoms. The van der Waals surface area contributed by atoms with Gasteiger partial charge < -0.3 is 30.7 Å². The molecule has 6 rings (SSSR count). The van der Waals surface area contributed by atoms with E-state index in [2.05, 4.69) is 88.5 Å². The summed E-state index contributed by atoms with van der Waals surface area (Å²) in [6.45, 7) is 6.84. The minimum Gasteiger partial charge on any atom is -0.385 e. The SMILES string of the molecule is C=CCCCOC(c1ccccc1)c1cccc(C(=O)NC(CNC)CC2CCCCC2)c1.CNCC(CC1CCCCC1)NC(=O)c1cccc(C(CCCCOC)c2ccccc2)c1. The van der Waals surface area contributed by atoms with E-state index < -0.39 is 0 Å². The minimum absolute atomic E-state index is 0.00798. The molecule has 0 heterocycles. The number of allylic oxidation sites excluding steroid dienone is 1. The highest BCUT2D eigenvalue weighted by Gasteiger charge is 2.24. The van der Waals surface area contributed by atoms with E-state index in [1.54, 1.807) is 7.11 Å². The Labute approximate surface area is 398 Å². The summed E-state index contributed by atoms with van der Waals surface area (Å²) in [6, 6.07) is 37.3. The zero-order chi connectivity index (χ0) is 46.6. The fourth-order valence-electron chi connectivity index (χ4n) is 10.1. The van der Waals surface area contributed by atoms with Gasteiger partial charge in [-0.05, 0) is 111 Å². The number of amides is 2. The number of carbonyl (C=O) groups is 2. The lowest BCUT2D eigenvalue weighted by atomic mass is 9.84. The molecule has 4 atom stereocenters. The van der Waals surface area contributed by atoms with Crippen molar-refractivity contribution >= 4 is 11.8 Å². The van der Waals surface area contributed by atoms with Gasteiger partial charge in [0.05, 0.1) is 0 Å². The van der Waals surface area contributed by atoms with Gasteiger partial charge in [-0.25, -0.2) is 0 Å². The van der Waals surface area contributed by atoms with Crippen LogP contribution in [0.2, 0.25) is 0 Å². The molecule has 2 aliphatic rings. The Hall–Kier alpha value is -4.60. The smallest absolute Gasteiger partial charge is 0.251 e. The van der Waals surface area contributed by atoms with Gasteiger partial charge in [0, 0.05) is 62.5 Å². The lowest BCUT2D eigenvalue weighted by Crippen LogP contribution is -2.42. The third kappa shape index (κ3) is 18.2. The van der Waals surface area contributed by atoms with E-state index in [1.807, 2.05) is 68.7 Å². The Kier molecular flexibility index (Phi) is 24.3. The summed E-state index contributed by atoms with van der Waals surface area (Å²) in [5, 5.41) is 13.2. The first-order valence-corrected chi connectivity index (χ1v) is 25.3. The summed E-state index contributed by atoms with van der Waals surface area (Å²) in [6.07, 6.45) is 22.1. The van der Waals surface area contributed by atoms with Gasteiger partial charge in [0.25, 0.3) is 11.8 Å². The number of nitrogens with one attached hydrogen (secondary N) is 4. The Balaban J connectivity index is 0.000000247.